The fraction of sp³-hybridized carbons (Fsp3) is 0.571. The Balaban J connectivity index is 2.23. The van der Waals surface area contributed by atoms with Crippen molar-refractivity contribution < 1.29 is 9.13 Å². The Morgan fingerprint density at radius 1 is 1.41 bits per heavy atom. The predicted octanol–water partition coefficient (Wildman–Crippen LogP) is 3.02. The Morgan fingerprint density at radius 3 is 2.94 bits per heavy atom. The summed E-state index contributed by atoms with van der Waals surface area (Å²) >= 11 is 0. The monoisotopic (exact) mass is 237 g/mol. The van der Waals surface area contributed by atoms with Crippen LogP contribution in [-0.4, -0.2) is 19.7 Å². The van der Waals surface area contributed by atoms with Crippen LogP contribution in [0.2, 0.25) is 0 Å². The quantitative estimate of drug-likeness (QED) is 0.869. The highest BCUT2D eigenvalue weighted by molar-refractivity contribution is 5.38. The van der Waals surface area contributed by atoms with E-state index in [2.05, 4.69) is 12.2 Å². The molecule has 1 atom stereocenters. The third kappa shape index (κ3) is 2.78. The molecule has 3 heteroatoms. The number of rotatable bonds is 4. The van der Waals surface area contributed by atoms with Crippen LogP contribution < -0.4 is 10.1 Å². The highest BCUT2D eigenvalue weighted by atomic mass is 19.1. The lowest BCUT2D eigenvalue weighted by molar-refractivity contribution is 0.116. The molecule has 1 N–H and O–H groups in total. The molecule has 0 spiro atoms. The Labute approximate surface area is 102 Å². The molecular formula is C14H20FNO. The van der Waals surface area contributed by atoms with Gasteiger partial charge in [0.15, 0.2) is 5.67 Å². The van der Waals surface area contributed by atoms with Crippen molar-refractivity contribution in [1.29, 1.82) is 0 Å². The number of benzene rings is 1. The van der Waals surface area contributed by atoms with Gasteiger partial charge in [-0.1, -0.05) is 25.1 Å². The van der Waals surface area contributed by atoms with E-state index in [9.17, 15) is 4.39 Å². The van der Waals surface area contributed by atoms with Crippen molar-refractivity contribution in [1.82, 2.24) is 5.32 Å². The third-order valence-electron chi connectivity index (χ3n) is 3.16. The van der Waals surface area contributed by atoms with E-state index >= 15 is 0 Å². The lowest BCUT2D eigenvalue weighted by Gasteiger charge is -2.31. The molecule has 1 aliphatic rings. The number of alkyl halides is 1. The van der Waals surface area contributed by atoms with Crippen LogP contribution in [0.1, 0.15) is 31.7 Å². The van der Waals surface area contributed by atoms with Gasteiger partial charge in [0.1, 0.15) is 5.75 Å². The normalized spacial score (nSPS) is 24.6. The van der Waals surface area contributed by atoms with E-state index in [-0.39, 0.29) is 0 Å². The maximum atomic E-state index is 14.9. The van der Waals surface area contributed by atoms with Crippen molar-refractivity contribution in [2.45, 2.75) is 31.9 Å². The van der Waals surface area contributed by atoms with Crippen LogP contribution in [0.25, 0.3) is 0 Å². The largest absolute Gasteiger partial charge is 0.493 e. The van der Waals surface area contributed by atoms with Crippen LogP contribution in [0.5, 0.6) is 5.75 Å². The van der Waals surface area contributed by atoms with Gasteiger partial charge in [0.05, 0.1) is 6.61 Å². The summed E-state index contributed by atoms with van der Waals surface area (Å²) in [5.74, 6) is 0.695. The summed E-state index contributed by atoms with van der Waals surface area (Å²) < 4.78 is 20.5. The molecule has 0 aliphatic carbocycles. The molecule has 2 nitrogen and oxygen atoms in total. The molecule has 0 amide bonds. The van der Waals surface area contributed by atoms with Crippen molar-refractivity contribution >= 4 is 0 Å². The minimum absolute atomic E-state index is 0.388. The van der Waals surface area contributed by atoms with Gasteiger partial charge in [-0.3, -0.25) is 0 Å². The summed E-state index contributed by atoms with van der Waals surface area (Å²) in [6.45, 7) is 3.99. The standard InChI is InChI=1S/C14H20FNO/c1-2-10-17-13-7-4-3-6-12(13)14(15)8-5-9-16-11-14/h3-4,6-7,16H,2,5,8-11H2,1H3. The summed E-state index contributed by atoms with van der Waals surface area (Å²) in [6.07, 6.45) is 2.39. The fourth-order valence-corrected chi connectivity index (χ4v) is 2.27. The fourth-order valence-electron chi connectivity index (χ4n) is 2.27. The molecule has 1 aromatic rings. The maximum Gasteiger partial charge on any atom is 0.151 e. The molecule has 1 aliphatic heterocycles. The average molecular weight is 237 g/mol. The van der Waals surface area contributed by atoms with Crippen LogP contribution in [0.4, 0.5) is 4.39 Å². The second-order valence-corrected chi connectivity index (χ2v) is 4.59. The second-order valence-electron chi connectivity index (χ2n) is 4.59. The summed E-state index contributed by atoms with van der Waals surface area (Å²) in [5.41, 5.74) is -0.580. The Kier molecular flexibility index (Phi) is 4.00. The first-order valence-electron chi connectivity index (χ1n) is 6.38. The highest BCUT2D eigenvalue weighted by Gasteiger charge is 2.36. The SMILES string of the molecule is CCCOc1ccccc1C1(F)CCCNC1. The van der Waals surface area contributed by atoms with Crippen LogP contribution in [0.15, 0.2) is 24.3 Å². The van der Waals surface area contributed by atoms with E-state index < -0.39 is 5.67 Å². The number of hydrogen-bond donors (Lipinski definition) is 1. The lowest BCUT2D eigenvalue weighted by atomic mass is 9.88. The topological polar surface area (TPSA) is 21.3 Å². The van der Waals surface area contributed by atoms with Gasteiger partial charge in [-0.05, 0) is 31.9 Å². The van der Waals surface area contributed by atoms with Gasteiger partial charge in [-0.15, -0.1) is 0 Å². The molecule has 0 aromatic heterocycles. The second kappa shape index (κ2) is 5.50. The van der Waals surface area contributed by atoms with E-state index in [1.54, 1.807) is 0 Å². The number of hydrogen-bond acceptors (Lipinski definition) is 2. The van der Waals surface area contributed by atoms with E-state index in [1.165, 1.54) is 0 Å². The van der Waals surface area contributed by atoms with Crippen molar-refractivity contribution in [3.05, 3.63) is 29.8 Å². The maximum absolute atomic E-state index is 14.9. The van der Waals surface area contributed by atoms with E-state index in [0.29, 0.717) is 30.9 Å². The summed E-state index contributed by atoms with van der Waals surface area (Å²) in [7, 11) is 0. The van der Waals surface area contributed by atoms with Crippen molar-refractivity contribution in [3.63, 3.8) is 0 Å². The van der Waals surface area contributed by atoms with Crippen molar-refractivity contribution in [2.24, 2.45) is 0 Å². The minimum atomic E-state index is -1.28. The first kappa shape index (κ1) is 12.4. The van der Waals surface area contributed by atoms with Crippen LogP contribution >= 0.6 is 0 Å². The molecule has 1 heterocycles. The average Bonchev–Trinajstić information content (AvgIpc) is 2.37. The number of ether oxygens (including phenoxy) is 1. The molecule has 1 fully saturated rings. The predicted molar refractivity (Wildman–Crippen MR) is 67.1 cm³/mol. The van der Waals surface area contributed by atoms with Crippen LogP contribution in [0, 0.1) is 0 Å². The first-order chi connectivity index (χ1) is 8.26. The molecule has 1 saturated heterocycles. The molecule has 1 aromatic carbocycles. The van der Waals surface area contributed by atoms with Crippen molar-refractivity contribution in [2.75, 3.05) is 19.7 Å². The zero-order valence-electron chi connectivity index (χ0n) is 10.3. The van der Waals surface area contributed by atoms with Crippen molar-refractivity contribution in [3.8, 4) is 5.75 Å². The van der Waals surface area contributed by atoms with Gasteiger partial charge in [0.2, 0.25) is 0 Å². The molecule has 2 rings (SSSR count). The summed E-state index contributed by atoms with van der Waals surface area (Å²) in [6, 6.07) is 7.48. The Morgan fingerprint density at radius 2 is 2.24 bits per heavy atom. The Bertz CT molecular complexity index is 361. The lowest BCUT2D eigenvalue weighted by Crippen LogP contribution is -2.40. The van der Waals surface area contributed by atoms with Gasteiger partial charge in [0, 0.05) is 12.1 Å². The molecule has 17 heavy (non-hydrogen) atoms. The number of piperidine rings is 1. The molecule has 0 saturated carbocycles. The van der Waals surface area contributed by atoms with Crippen LogP contribution in [-0.2, 0) is 5.67 Å². The third-order valence-corrected chi connectivity index (χ3v) is 3.16. The van der Waals surface area contributed by atoms with E-state index in [1.807, 2.05) is 24.3 Å². The van der Waals surface area contributed by atoms with E-state index in [4.69, 9.17) is 4.74 Å². The first-order valence-corrected chi connectivity index (χ1v) is 6.38. The van der Waals surface area contributed by atoms with Gasteiger partial charge in [0.25, 0.3) is 0 Å². The molecule has 1 unspecified atom stereocenters. The van der Waals surface area contributed by atoms with Gasteiger partial charge < -0.3 is 10.1 Å². The molecular weight excluding hydrogens is 217 g/mol. The van der Waals surface area contributed by atoms with Gasteiger partial charge >= 0.3 is 0 Å². The minimum Gasteiger partial charge on any atom is -0.493 e. The van der Waals surface area contributed by atoms with Gasteiger partial charge in [-0.25, -0.2) is 4.39 Å². The van der Waals surface area contributed by atoms with Gasteiger partial charge in [-0.2, -0.15) is 0 Å². The number of nitrogens with one attached hydrogen (secondary N) is 1. The zero-order chi connectivity index (χ0) is 12.1. The molecule has 0 bridgehead atoms. The van der Waals surface area contributed by atoms with E-state index in [0.717, 1.165) is 19.4 Å². The zero-order valence-corrected chi connectivity index (χ0v) is 10.3. The number of para-hydroxylation sites is 1. The summed E-state index contributed by atoms with van der Waals surface area (Å²) in [4.78, 5) is 0. The smallest absolute Gasteiger partial charge is 0.151 e. The molecule has 94 valence electrons. The Hall–Kier alpha value is -1.09. The number of halogens is 1. The van der Waals surface area contributed by atoms with Crippen LogP contribution in [0.3, 0.4) is 0 Å². The highest BCUT2D eigenvalue weighted by Crippen LogP contribution is 2.38. The molecule has 0 radical (unpaired) electrons. The summed E-state index contributed by atoms with van der Waals surface area (Å²) in [5, 5.41) is 3.13.